The molecule has 2 N–H and O–H groups in total. The highest BCUT2D eigenvalue weighted by atomic mass is 16.5. The molecule has 126 valence electrons. The molecule has 1 unspecified atom stereocenters. The average molecular weight is 329 g/mol. The molecule has 0 aliphatic carbocycles. The number of carboxylic acid groups (broad SMARTS) is 1. The molecule has 2 heterocycles. The van der Waals surface area contributed by atoms with E-state index in [2.05, 4.69) is 5.32 Å². The molecule has 6 heteroatoms. The molecule has 6 nitrogen and oxygen atoms in total. The van der Waals surface area contributed by atoms with Crippen molar-refractivity contribution in [2.24, 2.45) is 0 Å². The molecule has 3 rings (SSSR count). The fraction of sp³-hybridized carbons (Fsp3) is 0.333. The maximum Gasteiger partial charge on any atom is 0.330 e. The third-order valence-corrected chi connectivity index (χ3v) is 4.04. The zero-order chi connectivity index (χ0) is 17.1. The Morgan fingerprint density at radius 1 is 1.33 bits per heavy atom. The minimum Gasteiger partial charge on any atom is -0.493 e. The summed E-state index contributed by atoms with van der Waals surface area (Å²) >= 11 is 0. The van der Waals surface area contributed by atoms with Crippen LogP contribution in [0.3, 0.4) is 0 Å². The van der Waals surface area contributed by atoms with Crippen LogP contribution in [-0.2, 0) is 17.6 Å². The Morgan fingerprint density at radius 3 is 2.92 bits per heavy atom. The van der Waals surface area contributed by atoms with E-state index in [1.165, 1.54) is 6.26 Å². The molecule has 0 saturated heterocycles. The van der Waals surface area contributed by atoms with Gasteiger partial charge < -0.3 is 19.6 Å². The lowest BCUT2D eigenvalue weighted by molar-refractivity contribution is -0.139. The predicted molar refractivity (Wildman–Crippen MR) is 86.2 cm³/mol. The zero-order valence-electron chi connectivity index (χ0n) is 13.4. The van der Waals surface area contributed by atoms with Crippen molar-refractivity contribution in [1.82, 2.24) is 5.32 Å². The Balaban J connectivity index is 1.83. The van der Waals surface area contributed by atoms with Crippen LogP contribution in [0.25, 0.3) is 0 Å². The van der Waals surface area contributed by atoms with Crippen LogP contribution < -0.4 is 10.1 Å². The lowest BCUT2D eigenvalue weighted by atomic mass is 10.0. The predicted octanol–water partition coefficient (Wildman–Crippen LogP) is 2.72. The van der Waals surface area contributed by atoms with Gasteiger partial charge in [-0.3, -0.25) is 4.79 Å². The van der Waals surface area contributed by atoms with E-state index >= 15 is 0 Å². The molecule has 1 aliphatic rings. The van der Waals surface area contributed by atoms with E-state index in [1.54, 1.807) is 24.3 Å². The van der Waals surface area contributed by atoms with Crippen molar-refractivity contribution in [2.75, 3.05) is 6.61 Å². The molecule has 2 aromatic rings. The SMILES string of the molecule is CCCc1occc1C(=O)NC(C(=O)O)c1ccc2c(c1)CCO2. The van der Waals surface area contributed by atoms with Gasteiger partial charge in [-0.25, -0.2) is 4.79 Å². The maximum absolute atomic E-state index is 12.5. The number of amides is 1. The number of hydrogen-bond donors (Lipinski definition) is 2. The van der Waals surface area contributed by atoms with E-state index in [1.807, 2.05) is 6.92 Å². The van der Waals surface area contributed by atoms with E-state index in [9.17, 15) is 14.7 Å². The van der Waals surface area contributed by atoms with Crippen LogP contribution in [0, 0.1) is 0 Å². The first-order valence-electron chi connectivity index (χ1n) is 7.95. The van der Waals surface area contributed by atoms with Crippen molar-refractivity contribution in [3.63, 3.8) is 0 Å². The second-order valence-electron chi connectivity index (χ2n) is 5.72. The second kappa shape index (κ2) is 6.78. The number of fused-ring (bicyclic) bond motifs is 1. The van der Waals surface area contributed by atoms with E-state index in [0.717, 1.165) is 24.2 Å². The molecular weight excluding hydrogens is 310 g/mol. The van der Waals surface area contributed by atoms with Gasteiger partial charge in [0.1, 0.15) is 11.5 Å². The van der Waals surface area contributed by atoms with E-state index < -0.39 is 17.9 Å². The van der Waals surface area contributed by atoms with Gasteiger partial charge in [0.15, 0.2) is 6.04 Å². The van der Waals surface area contributed by atoms with E-state index in [4.69, 9.17) is 9.15 Å². The summed E-state index contributed by atoms with van der Waals surface area (Å²) in [4.78, 5) is 24.1. The summed E-state index contributed by atoms with van der Waals surface area (Å²) in [6.45, 7) is 2.58. The van der Waals surface area contributed by atoms with Crippen molar-refractivity contribution in [3.8, 4) is 5.75 Å². The Bertz CT molecular complexity index is 765. The summed E-state index contributed by atoms with van der Waals surface area (Å²) in [5.74, 6) is -0.213. The number of rotatable bonds is 6. The summed E-state index contributed by atoms with van der Waals surface area (Å²) in [7, 11) is 0. The quantitative estimate of drug-likeness (QED) is 0.850. The summed E-state index contributed by atoms with van der Waals surface area (Å²) < 4.78 is 10.7. The smallest absolute Gasteiger partial charge is 0.330 e. The molecule has 1 aliphatic heterocycles. The van der Waals surface area contributed by atoms with Crippen LogP contribution in [0.5, 0.6) is 5.75 Å². The van der Waals surface area contributed by atoms with Crippen LogP contribution in [0.15, 0.2) is 34.9 Å². The topological polar surface area (TPSA) is 88.8 Å². The van der Waals surface area contributed by atoms with Gasteiger partial charge in [-0.1, -0.05) is 13.0 Å². The Labute approximate surface area is 139 Å². The number of ether oxygens (including phenoxy) is 1. The first kappa shape index (κ1) is 16.1. The molecule has 1 aromatic heterocycles. The number of carbonyl (C=O) groups excluding carboxylic acids is 1. The standard InChI is InChI=1S/C18H19NO5/c1-2-3-15-13(7-9-24-15)17(20)19-16(18(21)22)12-4-5-14-11(10-12)6-8-23-14/h4-5,7,9-10,16H,2-3,6,8H2,1H3,(H,19,20)(H,21,22). The fourth-order valence-corrected chi connectivity index (χ4v) is 2.85. The fourth-order valence-electron chi connectivity index (χ4n) is 2.85. The number of nitrogens with one attached hydrogen (secondary N) is 1. The highest BCUT2D eigenvalue weighted by Crippen LogP contribution is 2.28. The number of furan rings is 1. The number of carbonyl (C=O) groups is 2. The summed E-state index contributed by atoms with van der Waals surface area (Å²) in [5.41, 5.74) is 1.87. The number of benzene rings is 1. The minimum atomic E-state index is -1.12. The van der Waals surface area contributed by atoms with Crippen molar-refractivity contribution in [3.05, 3.63) is 53.0 Å². The van der Waals surface area contributed by atoms with E-state index in [-0.39, 0.29) is 0 Å². The highest BCUT2D eigenvalue weighted by molar-refractivity contribution is 5.97. The molecule has 1 aromatic carbocycles. The average Bonchev–Trinajstić information content (AvgIpc) is 3.20. The number of carboxylic acids is 1. The molecule has 0 spiro atoms. The Hall–Kier alpha value is -2.76. The molecule has 0 fully saturated rings. The van der Waals surface area contributed by atoms with Gasteiger partial charge in [0.05, 0.1) is 18.4 Å². The van der Waals surface area contributed by atoms with Crippen LogP contribution in [0.1, 0.15) is 46.6 Å². The summed E-state index contributed by atoms with van der Waals surface area (Å²) in [5, 5.41) is 12.1. The van der Waals surface area contributed by atoms with Gasteiger partial charge in [0, 0.05) is 12.8 Å². The maximum atomic E-state index is 12.5. The Kier molecular flexibility index (Phi) is 4.55. The monoisotopic (exact) mass is 329 g/mol. The largest absolute Gasteiger partial charge is 0.493 e. The first-order chi connectivity index (χ1) is 11.6. The zero-order valence-corrected chi connectivity index (χ0v) is 13.4. The molecule has 0 radical (unpaired) electrons. The molecule has 0 bridgehead atoms. The lowest BCUT2D eigenvalue weighted by Crippen LogP contribution is -2.34. The van der Waals surface area contributed by atoms with Crippen molar-refractivity contribution >= 4 is 11.9 Å². The van der Waals surface area contributed by atoms with Gasteiger partial charge in [-0.15, -0.1) is 0 Å². The van der Waals surface area contributed by atoms with Crippen molar-refractivity contribution in [1.29, 1.82) is 0 Å². The van der Waals surface area contributed by atoms with Crippen LogP contribution in [0.4, 0.5) is 0 Å². The number of aliphatic carboxylic acids is 1. The van der Waals surface area contributed by atoms with Gasteiger partial charge in [0.25, 0.3) is 5.91 Å². The molecule has 1 atom stereocenters. The third-order valence-electron chi connectivity index (χ3n) is 4.04. The minimum absolute atomic E-state index is 0.382. The second-order valence-corrected chi connectivity index (χ2v) is 5.72. The van der Waals surface area contributed by atoms with Crippen molar-refractivity contribution in [2.45, 2.75) is 32.2 Å². The van der Waals surface area contributed by atoms with Crippen molar-refractivity contribution < 1.29 is 23.8 Å². The molecular formula is C18H19NO5. The number of hydrogen-bond acceptors (Lipinski definition) is 4. The molecule has 0 saturated carbocycles. The normalized spacial score (nSPS) is 13.9. The number of aryl methyl sites for hydroxylation is 1. The van der Waals surface area contributed by atoms with E-state index in [0.29, 0.717) is 29.9 Å². The third kappa shape index (κ3) is 3.13. The first-order valence-corrected chi connectivity index (χ1v) is 7.95. The highest BCUT2D eigenvalue weighted by Gasteiger charge is 2.26. The van der Waals surface area contributed by atoms with Crippen LogP contribution in [0.2, 0.25) is 0 Å². The van der Waals surface area contributed by atoms with Crippen LogP contribution >= 0.6 is 0 Å². The molecule has 24 heavy (non-hydrogen) atoms. The van der Waals surface area contributed by atoms with Gasteiger partial charge >= 0.3 is 5.97 Å². The van der Waals surface area contributed by atoms with Gasteiger partial charge in [-0.05, 0) is 35.7 Å². The lowest BCUT2D eigenvalue weighted by Gasteiger charge is -2.15. The van der Waals surface area contributed by atoms with Crippen LogP contribution in [-0.4, -0.2) is 23.6 Å². The Morgan fingerprint density at radius 2 is 2.17 bits per heavy atom. The summed E-state index contributed by atoms with van der Waals surface area (Å²) in [6.07, 6.45) is 3.65. The van der Waals surface area contributed by atoms with Gasteiger partial charge in [-0.2, -0.15) is 0 Å². The van der Waals surface area contributed by atoms with Gasteiger partial charge in [0.2, 0.25) is 0 Å². The summed E-state index contributed by atoms with van der Waals surface area (Å²) in [6, 6.07) is 5.65. The molecule has 1 amide bonds.